The number of sulfonamides is 1. The van der Waals surface area contributed by atoms with E-state index in [1.54, 1.807) is 50.2 Å². The Labute approximate surface area is 302 Å². The normalized spacial score (nSPS) is 27.2. The SMILES string of the molecule is COc1ccc2c(O[C@@H]3C[C@H]4C(=O)N[C@]5(C(=O)NS(=O)(=O)C6(C)CC6)C[C@H]5C=CCCCCN(C)C(=O)[C@@H]4C3)nc(-c3cccc(F)c3)nc2c1C. The summed E-state index contributed by atoms with van der Waals surface area (Å²) in [6.45, 7) is 3.97. The van der Waals surface area contributed by atoms with E-state index in [0.29, 0.717) is 41.6 Å². The number of aryl methyl sites for hydroxylation is 1. The van der Waals surface area contributed by atoms with Gasteiger partial charge in [-0.25, -0.2) is 17.8 Å². The molecule has 0 spiro atoms. The zero-order chi connectivity index (χ0) is 37.0. The number of rotatable bonds is 7. The van der Waals surface area contributed by atoms with Gasteiger partial charge in [0.25, 0.3) is 5.91 Å². The quantitative estimate of drug-likeness (QED) is 0.332. The average molecular weight is 734 g/mol. The fourth-order valence-corrected chi connectivity index (χ4v) is 8.81. The molecule has 0 radical (unpaired) electrons. The number of hydrogen-bond acceptors (Lipinski definition) is 9. The molecule has 276 valence electrons. The van der Waals surface area contributed by atoms with Crippen LogP contribution in [-0.4, -0.2) is 78.1 Å². The van der Waals surface area contributed by atoms with Crippen LogP contribution in [0.15, 0.2) is 48.6 Å². The van der Waals surface area contributed by atoms with Crippen molar-refractivity contribution in [3.63, 3.8) is 0 Å². The van der Waals surface area contributed by atoms with E-state index < -0.39 is 55.9 Å². The highest BCUT2D eigenvalue weighted by molar-refractivity contribution is 7.91. The van der Waals surface area contributed by atoms with E-state index in [0.717, 1.165) is 24.8 Å². The Bertz CT molecular complexity index is 2090. The number of fused-ring (bicyclic) bond motifs is 3. The third-order valence-electron chi connectivity index (χ3n) is 11.2. The number of carbonyl (C=O) groups excluding carboxylic acids is 3. The van der Waals surface area contributed by atoms with E-state index in [9.17, 15) is 27.2 Å². The molecule has 0 unspecified atom stereocenters. The van der Waals surface area contributed by atoms with Gasteiger partial charge in [0.1, 0.15) is 23.2 Å². The van der Waals surface area contributed by atoms with Crippen LogP contribution in [0.2, 0.25) is 0 Å². The van der Waals surface area contributed by atoms with Crippen molar-refractivity contribution in [1.29, 1.82) is 0 Å². The predicted molar refractivity (Wildman–Crippen MR) is 191 cm³/mol. The second-order valence-corrected chi connectivity index (χ2v) is 17.1. The summed E-state index contributed by atoms with van der Waals surface area (Å²) in [5.74, 6) is -2.89. The topological polar surface area (TPSA) is 157 Å². The molecular weight excluding hydrogens is 690 g/mol. The number of halogens is 1. The lowest BCUT2D eigenvalue weighted by Gasteiger charge is -2.27. The van der Waals surface area contributed by atoms with Gasteiger partial charge in [-0.05, 0) is 89.5 Å². The number of hydrogen-bond donors (Lipinski definition) is 2. The fourth-order valence-electron chi connectivity index (χ4n) is 7.50. The van der Waals surface area contributed by atoms with Crippen LogP contribution in [0.5, 0.6) is 11.6 Å². The predicted octanol–water partition coefficient (Wildman–Crippen LogP) is 4.60. The largest absolute Gasteiger partial charge is 0.496 e. The Balaban J connectivity index is 1.21. The van der Waals surface area contributed by atoms with Crippen molar-refractivity contribution in [2.45, 2.75) is 81.6 Å². The molecule has 3 aliphatic carbocycles. The van der Waals surface area contributed by atoms with Crippen LogP contribution < -0.4 is 19.5 Å². The average Bonchev–Trinajstić information content (AvgIpc) is 3.99. The number of ether oxygens (including phenoxy) is 2. The summed E-state index contributed by atoms with van der Waals surface area (Å²) in [6.07, 6.45) is 7.00. The summed E-state index contributed by atoms with van der Waals surface area (Å²) in [6, 6.07) is 9.49. The van der Waals surface area contributed by atoms with Crippen molar-refractivity contribution >= 4 is 38.6 Å². The van der Waals surface area contributed by atoms with Gasteiger partial charge in [-0.2, -0.15) is 4.98 Å². The molecule has 3 saturated carbocycles. The van der Waals surface area contributed by atoms with Crippen LogP contribution in [0, 0.1) is 30.5 Å². The molecule has 2 heterocycles. The van der Waals surface area contributed by atoms with Crippen molar-refractivity contribution in [2.75, 3.05) is 20.7 Å². The summed E-state index contributed by atoms with van der Waals surface area (Å²) in [7, 11) is -0.668. The second kappa shape index (κ2) is 13.4. The summed E-state index contributed by atoms with van der Waals surface area (Å²) in [5, 5.41) is 3.51. The number of methoxy groups -OCH3 is 1. The molecule has 7 rings (SSSR count). The van der Waals surface area contributed by atoms with E-state index in [4.69, 9.17) is 19.4 Å². The van der Waals surface area contributed by atoms with Gasteiger partial charge in [-0.3, -0.25) is 19.1 Å². The third-order valence-corrected chi connectivity index (χ3v) is 13.4. The van der Waals surface area contributed by atoms with E-state index in [1.807, 2.05) is 19.1 Å². The number of nitrogens with zero attached hydrogens (tertiary/aromatic N) is 3. The molecule has 3 amide bonds. The van der Waals surface area contributed by atoms with Crippen molar-refractivity contribution in [1.82, 2.24) is 24.9 Å². The second-order valence-electron chi connectivity index (χ2n) is 14.9. The maximum atomic E-state index is 14.3. The van der Waals surface area contributed by atoms with Crippen LogP contribution in [0.1, 0.15) is 63.9 Å². The number of nitrogens with one attached hydrogen (secondary N) is 2. The van der Waals surface area contributed by atoms with E-state index in [-0.39, 0.29) is 42.8 Å². The lowest BCUT2D eigenvalue weighted by Crippen LogP contribution is -2.55. The van der Waals surface area contributed by atoms with Crippen molar-refractivity contribution in [2.24, 2.45) is 17.8 Å². The first kappa shape index (κ1) is 35.8. The molecule has 5 atom stereocenters. The van der Waals surface area contributed by atoms with Gasteiger partial charge in [0.15, 0.2) is 5.82 Å². The Morgan fingerprint density at radius 2 is 1.87 bits per heavy atom. The van der Waals surface area contributed by atoms with Gasteiger partial charge in [0, 0.05) is 30.6 Å². The molecule has 2 aromatic carbocycles. The molecule has 12 nitrogen and oxygen atoms in total. The lowest BCUT2D eigenvalue weighted by molar-refractivity contribution is -0.140. The van der Waals surface area contributed by atoms with Gasteiger partial charge < -0.3 is 19.7 Å². The highest BCUT2D eigenvalue weighted by Gasteiger charge is 2.63. The number of amides is 3. The molecule has 2 N–H and O–H groups in total. The van der Waals surface area contributed by atoms with Crippen LogP contribution in [0.3, 0.4) is 0 Å². The molecule has 4 aliphatic rings. The Kier molecular flexibility index (Phi) is 9.25. The molecule has 52 heavy (non-hydrogen) atoms. The smallest absolute Gasteiger partial charge is 0.259 e. The third kappa shape index (κ3) is 6.61. The minimum Gasteiger partial charge on any atom is -0.496 e. The first-order valence-electron chi connectivity index (χ1n) is 17.8. The Morgan fingerprint density at radius 3 is 2.60 bits per heavy atom. The van der Waals surface area contributed by atoms with E-state index in [1.165, 1.54) is 12.1 Å². The Morgan fingerprint density at radius 1 is 1.10 bits per heavy atom. The zero-order valence-corrected chi connectivity index (χ0v) is 30.6. The van der Waals surface area contributed by atoms with Gasteiger partial charge in [-0.15, -0.1) is 0 Å². The summed E-state index contributed by atoms with van der Waals surface area (Å²) >= 11 is 0. The fraction of sp³-hybridized carbons (Fsp3) is 0.500. The Hall–Kier alpha value is -4.59. The molecule has 1 aliphatic heterocycles. The highest BCUT2D eigenvalue weighted by atomic mass is 32.2. The molecule has 3 aromatic rings. The van der Waals surface area contributed by atoms with Gasteiger partial charge in [0.2, 0.25) is 27.7 Å². The van der Waals surface area contributed by atoms with Crippen molar-refractivity contribution < 1.29 is 36.7 Å². The highest BCUT2D eigenvalue weighted by Crippen LogP contribution is 2.48. The van der Waals surface area contributed by atoms with E-state index >= 15 is 0 Å². The van der Waals surface area contributed by atoms with Gasteiger partial charge in [0.05, 0.1) is 34.6 Å². The number of carbonyl (C=O) groups is 3. The number of aromatic nitrogens is 2. The van der Waals surface area contributed by atoms with Crippen molar-refractivity contribution in [3.05, 3.63) is 59.9 Å². The minimum atomic E-state index is -3.95. The van der Waals surface area contributed by atoms with Gasteiger partial charge >= 0.3 is 0 Å². The number of benzene rings is 2. The number of allylic oxidation sites excluding steroid dienone is 1. The molecule has 14 heteroatoms. The molecule has 3 fully saturated rings. The van der Waals surface area contributed by atoms with E-state index in [2.05, 4.69) is 10.0 Å². The van der Waals surface area contributed by atoms with Crippen LogP contribution in [0.4, 0.5) is 4.39 Å². The maximum absolute atomic E-state index is 14.3. The lowest BCUT2D eigenvalue weighted by atomic mass is 9.93. The zero-order valence-electron chi connectivity index (χ0n) is 29.8. The monoisotopic (exact) mass is 733 g/mol. The summed E-state index contributed by atoms with van der Waals surface area (Å²) in [5.41, 5.74) is 0.270. The molecule has 0 bridgehead atoms. The van der Waals surface area contributed by atoms with Crippen molar-refractivity contribution in [3.8, 4) is 23.0 Å². The summed E-state index contributed by atoms with van der Waals surface area (Å²) in [4.78, 5) is 53.1. The van der Waals surface area contributed by atoms with Crippen LogP contribution in [0.25, 0.3) is 22.3 Å². The minimum absolute atomic E-state index is 0.139. The standard InChI is InChI=1S/C38H44FN5O7S/c1-22-30(50-4)14-13-27-31(22)40-32(23-10-9-12-25(39)18-23)41-34(27)51-26-19-28-29(20-26)35(46)44(3)17-8-6-5-7-11-24-21-38(24,42-33(28)45)36(47)43-52(48,49)37(2)15-16-37/h7,9-14,18,24,26,28-29H,5-6,8,15-17,19-21H2,1-4H3,(H,42,45)(H,43,47)/t24-,26-,28-,29-,38-/m1/s1. The summed E-state index contributed by atoms with van der Waals surface area (Å²) < 4.78 is 53.8. The molecular formula is C38H44FN5O7S. The molecule has 0 saturated heterocycles. The van der Waals surface area contributed by atoms with Crippen LogP contribution >= 0.6 is 0 Å². The molecule has 1 aromatic heterocycles. The van der Waals surface area contributed by atoms with Crippen LogP contribution in [-0.2, 0) is 24.4 Å². The first-order chi connectivity index (χ1) is 24.7. The maximum Gasteiger partial charge on any atom is 0.259 e. The first-order valence-corrected chi connectivity index (χ1v) is 19.3. The van der Waals surface area contributed by atoms with Gasteiger partial charge in [-0.1, -0.05) is 24.3 Å².